The van der Waals surface area contributed by atoms with E-state index in [4.69, 9.17) is 0 Å². The topological polar surface area (TPSA) is 86.8 Å². The molecular formula is C34H36BrN3O4S. The highest BCUT2D eigenvalue weighted by atomic mass is 79.9. The second-order valence-electron chi connectivity index (χ2n) is 11.3. The number of nitrogens with zero attached hydrogens (tertiary/aromatic N) is 2. The van der Waals surface area contributed by atoms with E-state index in [1.165, 1.54) is 4.31 Å². The van der Waals surface area contributed by atoms with Crippen LogP contribution in [0.4, 0.5) is 5.69 Å². The molecule has 9 heteroatoms. The first kappa shape index (κ1) is 30.8. The Kier molecular flexibility index (Phi) is 9.52. The minimum atomic E-state index is -3.72. The van der Waals surface area contributed by atoms with Crippen molar-refractivity contribution in [3.8, 4) is 0 Å². The molecule has 224 valence electrons. The van der Waals surface area contributed by atoms with Crippen molar-refractivity contribution in [2.45, 2.75) is 50.6 Å². The third kappa shape index (κ3) is 6.94. The van der Waals surface area contributed by atoms with Crippen LogP contribution in [0, 0.1) is 5.92 Å². The fraction of sp³-hybridized carbons (Fsp3) is 0.294. The lowest BCUT2D eigenvalue weighted by Crippen LogP contribution is -2.51. The van der Waals surface area contributed by atoms with E-state index < -0.39 is 16.1 Å². The van der Waals surface area contributed by atoms with Crippen LogP contribution in [0.25, 0.3) is 10.8 Å². The van der Waals surface area contributed by atoms with Gasteiger partial charge in [-0.3, -0.25) is 13.9 Å². The van der Waals surface area contributed by atoms with Crippen molar-refractivity contribution in [2.75, 3.05) is 17.4 Å². The summed E-state index contributed by atoms with van der Waals surface area (Å²) in [6, 6.07) is 27.5. The van der Waals surface area contributed by atoms with E-state index in [9.17, 15) is 18.0 Å². The number of halogens is 1. The van der Waals surface area contributed by atoms with Gasteiger partial charge < -0.3 is 10.2 Å². The molecule has 1 aliphatic rings. The van der Waals surface area contributed by atoms with Gasteiger partial charge in [-0.15, -0.1) is 0 Å². The van der Waals surface area contributed by atoms with E-state index in [0.717, 1.165) is 26.4 Å². The van der Waals surface area contributed by atoms with Crippen LogP contribution in [0.2, 0.25) is 0 Å². The Morgan fingerprint density at radius 3 is 2.28 bits per heavy atom. The Morgan fingerprint density at radius 2 is 1.58 bits per heavy atom. The molecule has 0 unspecified atom stereocenters. The highest BCUT2D eigenvalue weighted by molar-refractivity contribution is 9.10. The number of benzene rings is 4. The van der Waals surface area contributed by atoms with Gasteiger partial charge in [-0.2, -0.15) is 0 Å². The van der Waals surface area contributed by atoms with Crippen molar-refractivity contribution < 1.29 is 18.0 Å². The van der Waals surface area contributed by atoms with Crippen molar-refractivity contribution in [3.05, 3.63) is 107 Å². The van der Waals surface area contributed by atoms with Crippen LogP contribution in [0.15, 0.2) is 100 Å². The summed E-state index contributed by atoms with van der Waals surface area (Å²) in [4.78, 5) is 29.6. The van der Waals surface area contributed by atoms with Gasteiger partial charge >= 0.3 is 0 Å². The molecule has 4 aromatic carbocycles. The number of amides is 2. The fourth-order valence-corrected chi connectivity index (χ4v) is 7.49. The van der Waals surface area contributed by atoms with Crippen molar-refractivity contribution in [3.63, 3.8) is 0 Å². The molecule has 0 saturated heterocycles. The predicted molar refractivity (Wildman–Crippen MR) is 174 cm³/mol. The van der Waals surface area contributed by atoms with Gasteiger partial charge in [-0.1, -0.05) is 96.5 Å². The molecule has 0 aliphatic carbocycles. The molecule has 4 aromatic rings. The quantitative estimate of drug-likeness (QED) is 0.193. The Morgan fingerprint density at radius 1 is 0.884 bits per heavy atom. The Hall–Kier alpha value is -3.69. The van der Waals surface area contributed by atoms with Crippen LogP contribution in [-0.4, -0.2) is 44.3 Å². The molecule has 2 amide bonds. The molecule has 0 saturated carbocycles. The zero-order valence-electron chi connectivity index (χ0n) is 24.4. The summed E-state index contributed by atoms with van der Waals surface area (Å²) in [6.07, 6.45) is 0.771. The minimum absolute atomic E-state index is 0.0949. The second kappa shape index (κ2) is 13.3. The first-order chi connectivity index (χ1) is 20.6. The molecule has 0 fully saturated rings. The highest BCUT2D eigenvalue weighted by Gasteiger charge is 2.36. The van der Waals surface area contributed by atoms with Gasteiger partial charge in [0.25, 0.3) is 10.0 Å². The molecule has 1 aliphatic heterocycles. The lowest BCUT2D eigenvalue weighted by Gasteiger charge is -2.32. The Bertz CT molecular complexity index is 1700. The summed E-state index contributed by atoms with van der Waals surface area (Å²) in [5.41, 5.74) is 2.49. The van der Waals surface area contributed by atoms with E-state index in [0.29, 0.717) is 30.0 Å². The smallest absolute Gasteiger partial charge is 0.265 e. The normalized spacial score (nSPS) is 14.2. The average molecular weight is 663 g/mol. The summed E-state index contributed by atoms with van der Waals surface area (Å²) >= 11 is 3.47. The third-order valence-corrected chi connectivity index (χ3v) is 10.0. The number of anilines is 1. The van der Waals surface area contributed by atoms with Crippen LogP contribution >= 0.6 is 15.9 Å². The third-order valence-electron chi connectivity index (χ3n) is 7.65. The highest BCUT2D eigenvalue weighted by Crippen LogP contribution is 2.42. The molecule has 1 heterocycles. The summed E-state index contributed by atoms with van der Waals surface area (Å²) in [5, 5.41) is 4.63. The fourth-order valence-electron chi connectivity index (χ4n) is 5.48. The number of rotatable bonds is 12. The lowest BCUT2D eigenvalue weighted by atomic mass is 10.0. The van der Waals surface area contributed by atoms with Crippen LogP contribution in [0.3, 0.4) is 0 Å². The van der Waals surface area contributed by atoms with Crippen LogP contribution in [0.1, 0.15) is 37.8 Å². The number of hydrogen-bond acceptors (Lipinski definition) is 4. The number of hydrogen-bond donors (Lipinski definition) is 1. The van der Waals surface area contributed by atoms with Crippen molar-refractivity contribution in [2.24, 2.45) is 5.92 Å². The number of carbonyl (C=O) groups excluding carboxylic acids is 2. The molecule has 1 atom stereocenters. The number of carbonyl (C=O) groups is 2. The van der Waals surface area contributed by atoms with E-state index in [2.05, 4.69) is 21.2 Å². The average Bonchev–Trinajstić information content (AvgIpc) is 3.22. The molecule has 1 N–H and O–H groups in total. The van der Waals surface area contributed by atoms with Gasteiger partial charge in [0, 0.05) is 42.3 Å². The first-order valence-electron chi connectivity index (χ1n) is 14.5. The van der Waals surface area contributed by atoms with Crippen LogP contribution < -0.4 is 9.62 Å². The van der Waals surface area contributed by atoms with E-state index in [1.807, 2.05) is 92.7 Å². The maximum atomic E-state index is 14.0. The van der Waals surface area contributed by atoms with E-state index in [1.54, 1.807) is 17.0 Å². The summed E-state index contributed by atoms with van der Waals surface area (Å²) < 4.78 is 29.2. The van der Waals surface area contributed by atoms with Gasteiger partial charge in [0.15, 0.2) is 0 Å². The minimum Gasteiger partial charge on any atom is -0.354 e. The van der Waals surface area contributed by atoms with Crippen molar-refractivity contribution in [1.29, 1.82) is 0 Å². The van der Waals surface area contributed by atoms with Gasteiger partial charge in [-0.25, -0.2) is 8.42 Å². The summed E-state index contributed by atoms with van der Waals surface area (Å²) in [5.74, 6) is -0.143. The molecular weight excluding hydrogens is 626 g/mol. The number of sulfonamides is 1. The van der Waals surface area contributed by atoms with Crippen molar-refractivity contribution >= 4 is 54.2 Å². The van der Waals surface area contributed by atoms with E-state index in [-0.39, 0.29) is 37.2 Å². The lowest BCUT2D eigenvalue weighted by molar-refractivity contribution is -0.141. The largest absolute Gasteiger partial charge is 0.354 e. The monoisotopic (exact) mass is 661 g/mol. The summed E-state index contributed by atoms with van der Waals surface area (Å²) in [7, 11) is -3.72. The van der Waals surface area contributed by atoms with Crippen molar-refractivity contribution in [1.82, 2.24) is 10.2 Å². The van der Waals surface area contributed by atoms with Gasteiger partial charge in [0.2, 0.25) is 11.8 Å². The maximum Gasteiger partial charge on any atom is 0.265 e. The molecule has 0 aromatic heterocycles. The molecule has 7 nitrogen and oxygen atoms in total. The van der Waals surface area contributed by atoms with Gasteiger partial charge in [0.1, 0.15) is 6.04 Å². The molecule has 0 radical (unpaired) electrons. The molecule has 5 rings (SSSR count). The maximum absolute atomic E-state index is 14.0. The number of nitrogens with one attached hydrogen (secondary N) is 1. The second-order valence-corrected chi connectivity index (χ2v) is 14.1. The Balaban J connectivity index is 1.39. The Labute approximate surface area is 262 Å². The van der Waals surface area contributed by atoms with Crippen LogP contribution in [-0.2, 0) is 32.6 Å². The zero-order valence-corrected chi connectivity index (χ0v) is 26.8. The van der Waals surface area contributed by atoms with Crippen LogP contribution in [0.5, 0.6) is 0 Å². The molecule has 0 spiro atoms. The first-order valence-corrected chi connectivity index (χ1v) is 16.8. The SMILES string of the molecule is CC(C)CNC(=O)[C@@H](Cc1ccccc1)N(Cc1ccc(Br)cc1)C(=O)CCCN1c2cccc3cccc(c23)S1(=O)=O. The predicted octanol–water partition coefficient (Wildman–Crippen LogP) is 6.30. The van der Waals surface area contributed by atoms with Gasteiger partial charge in [-0.05, 0) is 53.1 Å². The van der Waals surface area contributed by atoms with E-state index >= 15 is 0 Å². The zero-order chi connectivity index (χ0) is 30.6. The molecule has 0 bridgehead atoms. The van der Waals surface area contributed by atoms with Gasteiger partial charge in [0.05, 0.1) is 10.6 Å². The molecule has 43 heavy (non-hydrogen) atoms. The standard InChI is InChI=1S/C34H36BrN3O4S/c1-24(2)22-36-34(40)30(21-25-9-4-3-5-10-25)37(23-26-16-18-28(35)19-17-26)32(39)15-8-20-38-29-13-6-11-27-12-7-14-31(33(27)29)43(38,41)42/h3-7,9-14,16-19,24,30H,8,15,20-23H2,1-2H3,(H,36,40)/t30-/m1/s1. The summed E-state index contributed by atoms with van der Waals surface area (Å²) in [6.45, 7) is 4.98.